The SMILES string of the molecule is CCCC1CCCCN1CCC1(N)CCCC1. The molecule has 100 valence electrons. The summed E-state index contributed by atoms with van der Waals surface area (Å²) in [6.07, 6.45) is 13.4. The van der Waals surface area contributed by atoms with E-state index in [1.807, 2.05) is 0 Å². The molecule has 0 spiro atoms. The summed E-state index contributed by atoms with van der Waals surface area (Å²) in [6.45, 7) is 4.89. The van der Waals surface area contributed by atoms with Crippen LogP contribution in [0.2, 0.25) is 0 Å². The maximum Gasteiger partial charge on any atom is 0.0166 e. The summed E-state index contributed by atoms with van der Waals surface area (Å²) in [6, 6.07) is 0.860. The van der Waals surface area contributed by atoms with Gasteiger partial charge in [-0.3, -0.25) is 0 Å². The Kier molecular flexibility index (Phi) is 4.87. The lowest BCUT2D eigenvalue weighted by Gasteiger charge is -2.37. The molecule has 0 aromatic heterocycles. The molecule has 2 N–H and O–H groups in total. The zero-order valence-electron chi connectivity index (χ0n) is 11.6. The second kappa shape index (κ2) is 6.19. The fourth-order valence-corrected chi connectivity index (χ4v) is 3.71. The van der Waals surface area contributed by atoms with Gasteiger partial charge in [0.1, 0.15) is 0 Å². The second-order valence-corrected chi connectivity index (χ2v) is 6.29. The van der Waals surface area contributed by atoms with Gasteiger partial charge in [-0.2, -0.15) is 0 Å². The van der Waals surface area contributed by atoms with Crippen molar-refractivity contribution in [2.45, 2.75) is 82.7 Å². The number of rotatable bonds is 5. The summed E-state index contributed by atoms with van der Waals surface area (Å²) in [4.78, 5) is 2.74. The topological polar surface area (TPSA) is 29.3 Å². The van der Waals surface area contributed by atoms with Crippen LogP contribution >= 0.6 is 0 Å². The van der Waals surface area contributed by atoms with Gasteiger partial charge < -0.3 is 10.6 Å². The standard InChI is InChI=1S/C15H30N2/c1-2-7-14-8-3-6-12-17(14)13-11-15(16)9-4-5-10-15/h14H,2-13,16H2,1H3. The summed E-state index contributed by atoms with van der Waals surface area (Å²) in [7, 11) is 0. The van der Waals surface area contributed by atoms with E-state index in [1.165, 1.54) is 77.3 Å². The van der Waals surface area contributed by atoms with E-state index in [4.69, 9.17) is 5.73 Å². The first kappa shape index (κ1) is 13.4. The molecule has 2 rings (SSSR count). The Balaban J connectivity index is 1.79. The molecule has 1 aliphatic heterocycles. The van der Waals surface area contributed by atoms with Crippen LogP contribution in [0.15, 0.2) is 0 Å². The van der Waals surface area contributed by atoms with E-state index in [9.17, 15) is 0 Å². The van der Waals surface area contributed by atoms with Crippen molar-refractivity contribution in [2.75, 3.05) is 13.1 Å². The average molecular weight is 238 g/mol. The van der Waals surface area contributed by atoms with Gasteiger partial charge in [-0.15, -0.1) is 0 Å². The molecule has 1 unspecified atom stereocenters. The van der Waals surface area contributed by atoms with E-state index in [2.05, 4.69) is 11.8 Å². The van der Waals surface area contributed by atoms with E-state index in [1.54, 1.807) is 0 Å². The highest BCUT2D eigenvalue weighted by Crippen LogP contribution is 2.31. The van der Waals surface area contributed by atoms with Crippen LogP contribution < -0.4 is 5.73 Å². The van der Waals surface area contributed by atoms with E-state index >= 15 is 0 Å². The van der Waals surface area contributed by atoms with Crippen molar-refractivity contribution in [3.8, 4) is 0 Å². The van der Waals surface area contributed by atoms with Crippen molar-refractivity contribution in [3.63, 3.8) is 0 Å². The third kappa shape index (κ3) is 3.69. The fraction of sp³-hybridized carbons (Fsp3) is 1.00. The highest BCUT2D eigenvalue weighted by molar-refractivity contribution is 4.90. The lowest BCUT2D eigenvalue weighted by molar-refractivity contribution is 0.127. The Morgan fingerprint density at radius 2 is 1.94 bits per heavy atom. The third-order valence-electron chi connectivity index (χ3n) is 4.87. The number of likely N-dealkylation sites (tertiary alicyclic amines) is 1. The summed E-state index contributed by atoms with van der Waals surface area (Å²) in [5, 5.41) is 0. The lowest BCUT2D eigenvalue weighted by atomic mass is 9.92. The Morgan fingerprint density at radius 1 is 1.18 bits per heavy atom. The number of hydrogen-bond acceptors (Lipinski definition) is 2. The molecule has 2 heteroatoms. The van der Waals surface area contributed by atoms with Crippen molar-refractivity contribution in [3.05, 3.63) is 0 Å². The Morgan fingerprint density at radius 3 is 2.65 bits per heavy atom. The van der Waals surface area contributed by atoms with Crippen LogP contribution in [0.3, 0.4) is 0 Å². The zero-order chi connectivity index (χ0) is 12.1. The molecule has 17 heavy (non-hydrogen) atoms. The zero-order valence-corrected chi connectivity index (χ0v) is 11.6. The van der Waals surface area contributed by atoms with Gasteiger partial charge in [-0.25, -0.2) is 0 Å². The van der Waals surface area contributed by atoms with Crippen LogP contribution in [-0.2, 0) is 0 Å². The summed E-state index contributed by atoms with van der Waals surface area (Å²) < 4.78 is 0. The van der Waals surface area contributed by atoms with Crippen LogP contribution in [0.25, 0.3) is 0 Å². The monoisotopic (exact) mass is 238 g/mol. The van der Waals surface area contributed by atoms with Gasteiger partial charge in [0.15, 0.2) is 0 Å². The van der Waals surface area contributed by atoms with Gasteiger partial charge in [0.05, 0.1) is 0 Å². The number of nitrogens with zero attached hydrogens (tertiary/aromatic N) is 1. The largest absolute Gasteiger partial charge is 0.325 e. The van der Waals surface area contributed by atoms with Crippen LogP contribution in [-0.4, -0.2) is 29.6 Å². The van der Waals surface area contributed by atoms with Crippen LogP contribution in [0.5, 0.6) is 0 Å². The molecular formula is C15H30N2. The molecule has 1 atom stereocenters. The second-order valence-electron chi connectivity index (χ2n) is 6.29. The van der Waals surface area contributed by atoms with Gasteiger partial charge in [0.25, 0.3) is 0 Å². The molecule has 0 aromatic carbocycles. The highest BCUT2D eigenvalue weighted by atomic mass is 15.2. The number of nitrogens with two attached hydrogens (primary N) is 1. The Hall–Kier alpha value is -0.0800. The van der Waals surface area contributed by atoms with Crippen LogP contribution in [0, 0.1) is 0 Å². The third-order valence-corrected chi connectivity index (χ3v) is 4.87. The van der Waals surface area contributed by atoms with E-state index in [0.717, 1.165) is 6.04 Å². The Bertz CT molecular complexity index is 219. The summed E-state index contributed by atoms with van der Waals surface area (Å²) >= 11 is 0. The minimum atomic E-state index is 0.189. The first-order valence-electron chi connectivity index (χ1n) is 7.76. The quantitative estimate of drug-likeness (QED) is 0.796. The molecule has 2 nitrogen and oxygen atoms in total. The molecule has 0 bridgehead atoms. The van der Waals surface area contributed by atoms with Crippen LogP contribution in [0.4, 0.5) is 0 Å². The Labute approximate surface area is 107 Å². The van der Waals surface area contributed by atoms with Crippen molar-refractivity contribution in [1.29, 1.82) is 0 Å². The normalized spacial score (nSPS) is 29.6. The number of piperidine rings is 1. The molecule has 2 fully saturated rings. The van der Waals surface area contributed by atoms with Gasteiger partial charge >= 0.3 is 0 Å². The molecule has 0 aromatic rings. The van der Waals surface area contributed by atoms with Crippen molar-refractivity contribution in [2.24, 2.45) is 5.73 Å². The van der Waals surface area contributed by atoms with Crippen molar-refractivity contribution >= 4 is 0 Å². The minimum absolute atomic E-state index is 0.189. The van der Waals surface area contributed by atoms with Gasteiger partial charge in [-0.1, -0.05) is 32.6 Å². The summed E-state index contributed by atoms with van der Waals surface area (Å²) in [5.74, 6) is 0. The molecule has 1 saturated carbocycles. The van der Waals surface area contributed by atoms with Crippen molar-refractivity contribution < 1.29 is 0 Å². The molecule has 1 saturated heterocycles. The fourth-order valence-electron chi connectivity index (χ4n) is 3.71. The van der Waals surface area contributed by atoms with Gasteiger partial charge in [0.2, 0.25) is 0 Å². The minimum Gasteiger partial charge on any atom is -0.325 e. The maximum absolute atomic E-state index is 6.47. The summed E-state index contributed by atoms with van der Waals surface area (Å²) in [5.41, 5.74) is 6.66. The van der Waals surface area contributed by atoms with E-state index in [0.29, 0.717) is 0 Å². The first-order chi connectivity index (χ1) is 8.23. The van der Waals surface area contributed by atoms with Crippen molar-refractivity contribution in [1.82, 2.24) is 4.90 Å². The molecular weight excluding hydrogens is 208 g/mol. The van der Waals surface area contributed by atoms with E-state index < -0.39 is 0 Å². The number of hydrogen-bond donors (Lipinski definition) is 1. The average Bonchev–Trinajstić information content (AvgIpc) is 2.76. The molecule has 2 aliphatic rings. The lowest BCUT2D eigenvalue weighted by Crippen LogP contribution is -2.45. The van der Waals surface area contributed by atoms with Gasteiger partial charge in [-0.05, 0) is 45.1 Å². The molecule has 0 radical (unpaired) electrons. The predicted molar refractivity (Wildman–Crippen MR) is 74.1 cm³/mol. The highest BCUT2D eigenvalue weighted by Gasteiger charge is 2.30. The predicted octanol–water partition coefficient (Wildman–Crippen LogP) is 3.30. The van der Waals surface area contributed by atoms with Gasteiger partial charge in [0, 0.05) is 18.1 Å². The maximum atomic E-state index is 6.47. The molecule has 1 aliphatic carbocycles. The molecule has 0 amide bonds. The van der Waals surface area contributed by atoms with Crippen LogP contribution in [0.1, 0.15) is 71.1 Å². The smallest absolute Gasteiger partial charge is 0.0166 e. The first-order valence-corrected chi connectivity index (χ1v) is 7.76. The van der Waals surface area contributed by atoms with E-state index in [-0.39, 0.29) is 5.54 Å². The molecule has 1 heterocycles.